The minimum absolute atomic E-state index is 0.0479. The molecule has 1 aliphatic rings. The van der Waals surface area contributed by atoms with Gasteiger partial charge in [0.25, 0.3) is 0 Å². The van der Waals surface area contributed by atoms with Crippen molar-refractivity contribution in [2.45, 2.75) is 45.7 Å². The van der Waals surface area contributed by atoms with Gasteiger partial charge in [0.2, 0.25) is 11.8 Å². The van der Waals surface area contributed by atoms with Crippen molar-refractivity contribution in [3.8, 4) is 0 Å². The van der Waals surface area contributed by atoms with Crippen LogP contribution in [0.4, 0.5) is 0 Å². The summed E-state index contributed by atoms with van der Waals surface area (Å²) in [5, 5.41) is 6.15. The average Bonchev–Trinajstić information content (AvgIpc) is 2.88. The zero-order valence-electron chi connectivity index (χ0n) is 13.4. The number of nitrogens with one attached hydrogen (secondary N) is 2. The van der Waals surface area contributed by atoms with E-state index in [0.29, 0.717) is 25.5 Å². The molecule has 0 aromatic carbocycles. The highest BCUT2D eigenvalue weighted by molar-refractivity contribution is 5.82. The monoisotopic (exact) mass is 294 g/mol. The Kier molecular flexibility index (Phi) is 5.00. The van der Waals surface area contributed by atoms with E-state index in [4.69, 9.17) is 4.42 Å². The molecule has 1 fully saturated rings. The molecule has 1 unspecified atom stereocenters. The van der Waals surface area contributed by atoms with E-state index in [9.17, 15) is 4.79 Å². The summed E-state index contributed by atoms with van der Waals surface area (Å²) >= 11 is 0. The third-order valence-corrected chi connectivity index (χ3v) is 3.64. The minimum atomic E-state index is -0.163. The molecule has 0 bridgehead atoms. The van der Waals surface area contributed by atoms with Crippen molar-refractivity contribution >= 4 is 5.91 Å². The van der Waals surface area contributed by atoms with Gasteiger partial charge in [-0.1, -0.05) is 20.8 Å². The fourth-order valence-corrected chi connectivity index (χ4v) is 2.39. The summed E-state index contributed by atoms with van der Waals surface area (Å²) in [6, 6.07) is -0.163. The standard InChI is InChI=1S/C15H26N4O2/c1-5-17-14(20)11-8-16-6-7-19(11)10-13-18-9-12(21-13)15(2,3)4/h9,11,16H,5-8,10H2,1-4H3,(H,17,20). The van der Waals surface area contributed by atoms with Gasteiger partial charge in [-0.2, -0.15) is 0 Å². The van der Waals surface area contributed by atoms with Gasteiger partial charge in [0, 0.05) is 31.6 Å². The third kappa shape index (κ3) is 4.04. The van der Waals surface area contributed by atoms with Crippen LogP contribution in [0.25, 0.3) is 0 Å². The lowest BCUT2D eigenvalue weighted by Gasteiger charge is -2.34. The van der Waals surface area contributed by atoms with Crippen LogP contribution in [0.3, 0.4) is 0 Å². The first-order valence-corrected chi connectivity index (χ1v) is 7.59. The smallest absolute Gasteiger partial charge is 0.238 e. The maximum absolute atomic E-state index is 12.1. The number of nitrogens with zero attached hydrogens (tertiary/aromatic N) is 2. The first-order valence-electron chi connectivity index (χ1n) is 7.59. The Morgan fingerprint density at radius 3 is 2.95 bits per heavy atom. The summed E-state index contributed by atoms with van der Waals surface area (Å²) in [6.07, 6.45) is 1.79. The number of likely N-dealkylation sites (N-methyl/N-ethyl adjacent to an activating group) is 1. The largest absolute Gasteiger partial charge is 0.444 e. The molecule has 0 saturated carbocycles. The van der Waals surface area contributed by atoms with Crippen molar-refractivity contribution in [1.82, 2.24) is 20.5 Å². The van der Waals surface area contributed by atoms with Crippen molar-refractivity contribution in [3.63, 3.8) is 0 Å². The van der Waals surface area contributed by atoms with Crippen LogP contribution in [0.5, 0.6) is 0 Å². The maximum atomic E-state index is 12.1. The zero-order valence-corrected chi connectivity index (χ0v) is 13.4. The molecular weight excluding hydrogens is 268 g/mol. The van der Waals surface area contributed by atoms with Crippen molar-refractivity contribution in [2.24, 2.45) is 0 Å². The molecule has 0 aliphatic carbocycles. The van der Waals surface area contributed by atoms with Crippen LogP contribution >= 0.6 is 0 Å². The average molecular weight is 294 g/mol. The van der Waals surface area contributed by atoms with Crippen molar-refractivity contribution < 1.29 is 9.21 Å². The van der Waals surface area contributed by atoms with E-state index in [2.05, 4.69) is 41.3 Å². The molecule has 6 nitrogen and oxygen atoms in total. The Labute approximate surface area is 126 Å². The van der Waals surface area contributed by atoms with Gasteiger partial charge in [-0.15, -0.1) is 0 Å². The molecule has 6 heteroatoms. The van der Waals surface area contributed by atoms with Gasteiger partial charge in [0.05, 0.1) is 12.7 Å². The molecule has 2 heterocycles. The second kappa shape index (κ2) is 6.58. The Balaban J connectivity index is 2.05. The van der Waals surface area contributed by atoms with E-state index in [1.807, 2.05) is 6.92 Å². The molecule has 118 valence electrons. The predicted molar refractivity (Wildman–Crippen MR) is 81.0 cm³/mol. The molecule has 0 spiro atoms. The molecular formula is C15H26N4O2. The highest BCUT2D eigenvalue weighted by Gasteiger charge is 2.29. The lowest BCUT2D eigenvalue weighted by Crippen LogP contribution is -2.57. The van der Waals surface area contributed by atoms with Crippen molar-refractivity contribution in [2.75, 3.05) is 26.2 Å². The van der Waals surface area contributed by atoms with E-state index < -0.39 is 0 Å². The Bertz CT molecular complexity index is 478. The minimum Gasteiger partial charge on any atom is -0.444 e. The Morgan fingerprint density at radius 1 is 1.57 bits per heavy atom. The van der Waals surface area contributed by atoms with Gasteiger partial charge < -0.3 is 15.1 Å². The second-order valence-electron chi connectivity index (χ2n) is 6.45. The van der Waals surface area contributed by atoms with E-state index in [-0.39, 0.29) is 17.4 Å². The molecule has 1 atom stereocenters. The topological polar surface area (TPSA) is 70.4 Å². The first kappa shape index (κ1) is 16.0. The fourth-order valence-electron chi connectivity index (χ4n) is 2.39. The summed E-state index contributed by atoms with van der Waals surface area (Å²) in [5.41, 5.74) is -0.0479. The summed E-state index contributed by atoms with van der Waals surface area (Å²) in [7, 11) is 0. The van der Waals surface area contributed by atoms with Gasteiger partial charge in [-0.05, 0) is 6.92 Å². The van der Waals surface area contributed by atoms with Crippen LogP contribution in [0, 0.1) is 0 Å². The maximum Gasteiger partial charge on any atom is 0.238 e. The van der Waals surface area contributed by atoms with Gasteiger partial charge >= 0.3 is 0 Å². The molecule has 1 saturated heterocycles. The Morgan fingerprint density at radius 2 is 2.33 bits per heavy atom. The number of hydrogen-bond acceptors (Lipinski definition) is 5. The molecule has 2 rings (SSSR count). The molecule has 21 heavy (non-hydrogen) atoms. The zero-order chi connectivity index (χ0) is 15.5. The molecule has 1 aliphatic heterocycles. The Hall–Kier alpha value is -1.40. The van der Waals surface area contributed by atoms with Crippen LogP contribution in [0.1, 0.15) is 39.3 Å². The van der Waals surface area contributed by atoms with Crippen molar-refractivity contribution in [1.29, 1.82) is 0 Å². The molecule has 0 radical (unpaired) electrons. The van der Waals surface area contributed by atoms with E-state index in [1.54, 1.807) is 6.20 Å². The molecule has 1 aromatic rings. The molecule has 1 amide bonds. The van der Waals surface area contributed by atoms with Crippen LogP contribution in [-0.4, -0.2) is 48.0 Å². The highest BCUT2D eigenvalue weighted by Crippen LogP contribution is 2.23. The van der Waals surface area contributed by atoms with Crippen LogP contribution in [-0.2, 0) is 16.8 Å². The number of oxazole rings is 1. The van der Waals surface area contributed by atoms with Gasteiger partial charge in [0.1, 0.15) is 11.8 Å². The second-order valence-corrected chi connectivity index (χ2v) is 6.45. The number of rotatable bonds is 4. The lowest BCUT2D eigenvalue weighted by molar-refractivity contribution is -0.127. The number of piperazine rings is 1. The van der Waals surface area contributed by atoms with Crippen LogP contribution < -0.4 is 10.6 Å². The number of aromatic nitrogens is 1. The van der Waals surface area contributed by atoms with Crippen LogP contribution in [0.15, 0.2) is 10.6 Å². The van der Waals surface area contributed by atoms with Crippen molar-refractivity contribution in [3.05, 3.63) is 17.8 Å². The summed E-state index contributed by atoms with van der Waals surface area (Å²) in [5.74, 6) is 1.62. The van der Waals surface area contributed by atoms with Gasteiger partial charge in [0.15, 0.2) is 0 Å². The molecule has 2 N–H and O–H groups in total. The SMILES string of the molecule is CCNC(=O)C1CNCCN1Cc1ncc(C(C)(C)C)o1. The van der Waals surface area contributed by atoms with E-state index in [0.717, 1.165) is 18.8 Å². The normalized spacial score (nSPS) is 20.5. The van der Waals surface area contributed by atoms with Crippen LogP contribution in [0.2, 0.25) is 0 Å². The van der Waals surface area contributed by atoms with Gasteiger partial charge in [-0.3, -0.25) is 9.69 Å². The predicted octanol–water partition coefficient (Wildman–Crippen LogP) is 0.882. The number of amides is 1. The number of hydrogen-bond donors (Lipinski definition) is 2. The van der Waals surface area contributed by atoms with E-state index in [1.165, 1.54) is 0 Å². The molecule has 1 aromatic heterocycles. The quantitative estimate of drug-likeness (QED) is 0.863. The third-order valence-electron chi connectivity index (χ3n) is 3.64. The summed E-state index contributed by atoms with van der Waals surface area (Å²) < 4.78 is 5.83. The van der Waals surface area contributed by atoms with Gasteiger partial charge in [-0.25, -0.2) is 4.98 Å². The number of carbonyl (C=O) groups is 1. The fraction of sp³-hybridized carbons (Fsp3) is 0.733. The van der Waals surface area contributed by atoms with E-state index >= 15 is 0 Å². The number of carbonyl (C=O) groups excluding carboxylic acids is 1. The highest BCUT2D eigenvalue weighted by atomic mass is 16.4. The lowest BCUT2D eigenvalue weighted by atomic mass is 9.94. The summed E-state index contributed by atoms with van der Waals surface area (Å²) in [4.78, 5) is 18.6. The summed E-state index contributed by atoms with van der Waals surface area (Å²) in [6.45, 7) is 11.8. The first-order chi connectivity index (χ1) is 9.91.